The number of carboxylic acids is 1. The molecule has 38 heavy (non-hydrogen) atoms. The molecule has 0 radical (unpaired) electrons. The first-order valence-corrected chi connectivity index (χ1v) is 14.2. The number of fused-ring (bicyclic) bond motifs is 2. The first-order valence-electron chi connectivity index (χ1n) is 13.8. The molecule has 3 aromatic rings. The van der Waals surface area contributed by atoms with Crippen LogP contribution in [0.2, 0.25) is 5.02 Å². The fourth-order valence-corrected chi connectivity index (χ4v) is 7.09. The summed E-state index contributed by atoms with van der Waals surface area (Å²) in [7, 11) is 0. The van der Waals surface area contributed by atoms with Gasteiger partial charge in [-0.15, -0.1) is 0 Å². The minimum absolute atomic E-state index is 0.000351. The molecule has 2 aromatic carbocycles. The first-order chi connectivity index (χ1) is 18.5. The summed E-state index contributed by atoms with van der Waals surface area (Å²) >= 11 is 6.18. The van der Waals surface area contributed by atoms with Crippen molar-refractivity contribution in [2.75, 3.05) is 11.9 Å². The highest BCUT2D eigenvalue weighted by Crippen LogP contribution is 2.55. The maximum atomic E-state index is 12.6. The van der Waals surface area contributed by atoms with E-state index >= 15 is 0 Å². The number of nitrogens with zero attached hydrogens (tertiary/aromatic N) is 2. The summed E-state index contributed by atoms with van der Waals surface area (Å²) in [6, 6.07) is 16.1. The van der Waals surface area contributed by atoms with Gasteiger partial charge in [-0.1, -0.05) is 41.9 Å². The molecular formula is C31H34ClN3O3. The smallest absolute Gasteiger partial charge is 0.329 e. The number of benzene rings is 2. The molecule has 1 spiro atoms. The van der Waals surface area contributed by atoms with E-state index in [1.54, 1.807) is 18.5 Å². The number of hydrogen-bond acceptors (Lipinski definition) is 5. The molecule has 3 aliphatic carbocycles. The van der Waals surface area contributed by atoms with E-state index in [-0.39, 0.29) is 5.41 Å². The number of ether oxygens (including phenoxy) is 1. The van der Waals surface area contributed by atoms with Gasteiger partial charge in [-0.2, -0.15) is 0 Å². The Morgan fingerprint density at radius 1 is 1.11 bits per heavy atom. The van der Waals surface area contributed by atoms with Crippen molar-refractivity contribution in [2.45, 2.75) is 74.7 Å². The van der Waals surface area contributed by atoms with Gasteiger partial charge >= 0.3 is 5.97 Å². The minimum atomic E-state index is -0.993. The average Bonchev–Trinajstić information content (AvgIpc) is 3.73. The molecule has 1 heterocycles. The quantitative estimate of drug-likeness (QED) is 0.296. The van der Waals surface area contributed by atoms with Crippen molar-refractivity contribution in [1.29, 1.82) is 0 Å². The highest BCUT2D eigenvalue weighted by atomic mass is 35.5. The van der Waals surface area contributed by atoms with E-state index in [2.05, 4.69) is 39.6 Å². The highest BCUT2D eigenvalue weighted by Gasteiger charge is 2.53. The summed E-state index contributed by atoms with van der Waals surface area (Å²) in [4.78, 5) is 21.2. The van der Waals surface area contributed by atoms with Crippen LogP contribution < -0.4 is 10.1 Å². The van der Waals surface area contributed by atoms with Crippen LogP contribution in [0.3, 0.4) is 0 Å². The second-order valence-electron chi connectivity index (χ2n) is 11.3. The number of hydrogen-bond donors (Lipinski definition) is 2. The Hall–Kier alpha value is -3.12. The van der Waals surface area contributed by atoms with Gasteiger partial charge in [0.25, 0.3) is 0 Å². The zero-order chi connectivity index (χ0) is 26.2. The Balaban J connectivity index is 1.16. The van der Waals surface area contributed by atoms with Crippen molar-refractivity contribution >= 4 is 23.3 Å². The Bertz CT molecular complexity index is 1320. The third kappa shape index (κ3) is 4.75. The molecule has 0 saturated heterocycles. The second kappa shape index (κ2) is 10.2. The van der Waals surface area contributed by atoms with Crippen molar-refractivity contribution in [2.24, 2.45) is 5.92 Å². The Morgan fingerprint density at radius 3 is 2.68 bits per heavy atom. The molecule has 6 nitrogen and oxygen atoms in total. The lowest BCUT2D eigenvalue weighted by molar-refractivity contribution is -0.144. The van der Waals surface area contributed by atoms with Gasteiger partial charge < -0.3 is 15.2 Å². The molecule has 3 aliphatic rings. The van der Waals surface area contributed by atoms with Gasteiger partial charge in [-0.25, -0.2) is 14.8 Å². The van der Waals surface area contributed by atoms with Gasteiger partial charge in [0, 0.05) is 22.5 Å². The minimum Gasteiger partial charge on any atom is -0.480 e. The molecule has 198 valence electrons. The molecule has 2 fully saturated rings. The summed E-state index contributed by atoms with van der Waals surface area (Å²) in [5.74, 6) is 0.966. The molecule has 0 bridgehead atoms. The molecule has 2 N–H and O–H groups in total. The van der Waals surface area contributed by atoms with E-state index in [1.165, 1.54) is 24.0 Å². The second-order valence-corrected chi connectivity index (χ2v) is 11.7. The SMILES string of the molecule is O=C(O)C1(Nc2cccc(Cl)c2)CCC2(CC1)c1ccccc1CC2CCCOc1ncncc1C1CC1. The van der Waals surface area contributed by atoms with E-state index in [4.69, 9.17) is 16.3 Å². The van der Waals surface area contributed by atoms with Crippen molar-refractivity contribution in [1.82, 2.24) is 9.97 Å². The van der Waals surface area contributed by atoms with Crippen LogP contribution in [0.4, 0.5) is 5.69 Å². The normalized spacial score (nSPS) is 26.2. The van der Waals surface area contributed by atoms with Crippen molar-refractivity contribution in [3.05, 3.63) is 82.8 Å². The molecule has 0 aliphatic heterocycles. The van der Waals surface area contributed by atoms with Crippen LogP contribution in [0.25, 0.3) is 0 Å². The first kappa shape index (κ1) is 25.2. The van der Waals surface area contributed by atoms with Crippen LogP contribution in [0.1, 0.15) is 74.0 Å². The zero-order valence-corrected chi connectivity index (χ0v) is 22.3. The predicted octanol–water partition coefficient (Wildman–Crippen LogP) is 6.79. The van der Waals surface area contributed by atoms with E-state index in [0.29, 0.717) is 36.3 Å². The van der Waals surface area contributed by atoms with Gasteiger partial charge in [0.05, 0.1) is 6.61 Å². The van der Waals surface area contributed by atoms with E-state index in [0.717, 1.165) is 49.2 Å². The Morgan fingerprint density at radius 2 is 1.92 bits per heavy atom. The summed E-state index contributed by atoms with van der Waals surface area (Å²) < 4.78 is 6.14. The average molecular weight is 532 g/mol. The number of aliphatic carboxylic acids is 1. The number of anilines is 1. The third-order valence-electron chi connectivity index (χ3n) is 9.07. The van der Waals surface area contributed by atoms with Crippen LogP contribution in [0, 0.1) is 5.92 Å². The molecule has 6 rings (SSSR count). The molecule has 1 atom stereocenters. The number of carboxylic acid groups (broad SMARTS) is 1. The number of nitrogens with one attached hydrogen (secondary N) is 1. The largest absolute Gasteiger partial charge is 0.480 e. The summed E-state index contributed by atoms with van der Waals surface area (Å²) in [5.41, 5.74) is 3.73. The van der Waals surface area contributed by atoms with Crippen molar-refractivity contribution in [3.63, 3.8) is 0 Å². The lowest BCUT2D eigenvalue weighted by atomic mass is 9.60. The van der Waals surface area contributed by atoms with E-state index < -0.39 is 11.5 Å². The highest BCUT2D eigenvalue weighted by molar-refractivity contribution is 6.30. The maximum Gasteiger partial charge on any atom is 0.329 e. The lowest BCUT2D eigenvalue weighted by Crippen LogP contribution is -2.53. The number of rotatable bonds is 9. The van der Waals surface area contributed by atoms with Crippen LogP contribution in [0.5, 0.6) is 5.88 Å². The van der Waals surface area contributed by atoms with Crippen LogP contribution in [-0.2, 0) is 16.6 Å². The molecule has 2 saturated carbocycles. The summed E-state index contributed by atoms with van der Waals surface area (Å²) in [6.07, 6.45) is 11.7. The molecule has 7 heteroatoms. The van der Waals surface area contributed by atoms with Gasteiger partial charge in [-0.05, 0) is 104 Å². The summed E-state index contributed by atoms with van der Waals surface area (Å²) in [6.45, 7) is 0.634. The standard InChI is InChI=1S/C31H34ClN3O3/c32-24-7-3-8-25(18-24)35-31(29(36)37)14-12-30(13-15-31)23(17-22-5-1-2-9-27(22)30)6-4-16-38-28-26(21-10-11-21)19-33-20-34-28/h1-3,5,7-9,18-21,23,35H,4,6,10-17H2,(H,36,37). The Labute approximate surface area is 228 Å². The molecule has 1 aromatic heterocycles. The van der Waals surface area contributed by atoms with Gasteiger partial charge in [-0.3, -0.25) is 0 Å². The van der Waals surface area contributed by atoms with Crippen LogP contribution >= 0.6 is 11.6 Å². The molecular weight excluding hydrogens is 498 g/mol. The number of carbonyl (C=O) groups is 1. The third-order valence-corrected chi connectivity index (χ3v) is 9.31. The van der Waals surface area contributed by atoms with E-state index in [1.807, 2.05) is 18.3 Å². The van der Waals surface area contributed by atoms with Crippen LogP contribution in [0.15, 0.2) is 61.1 Å². The predicted molar refractivity (Wildman–Crippen MR) is 148 cm³/mol. The molecule has 1 unspecified atom stereocenters. The fourth-order valence-electron chi connectivity index (χ4n) is 6.90. The van der Waals surface area contributed by atoms with Crippen molar-refractivity contribution < 1.29 is 14.6 Å². The molecule has 0 amide bonds. The lowest BCUT2D eigenvalue weighted by Gasteiger charge is -2.47. The van der Waals surface area contributed by atoms with E-state index in [9.17, 15) is 9.90 Å². The topological polar surface area (TPSA) is 84.3 Å². The fraction of sp³-hybridized carbons (Fsp3) is 0.452. The van der Waals surface area contributed by atoms with Gasteiger partial charge in [0.2, 0.25) is 5.88 Å². The monoisotopic (exact) mass is 531 g/mol. The van der Waals surface area contributed by atoms with Crippen LogP contribution in [-0.4, -0.2) is 33.2 Å². The number of halogens is 1. The number of aromatic nitrogens is 2. The Kier molecular flexibility index (Phi) is 6.77. The summed E-state index contributed by atoms with van der Waals surface area (Å²) in [5, 5.41) is 14.3. The van der Waals surface area contributed by atoms with Gasteiger partial charge in [0.1, 0.15) is 11.9 Å². The zero-order valence-electron chi connectivity index (χ0n) is 21.5. The van der Waals surface area contributed by atoms with Gasteiger partial charge in [0.15, 0.2) is 0 Å². The maximum absolute atomic E-state index is 12.6. The van der Waals surface area contributed by atoms with Crippen molar-refractivity contribution in [3.8, 4) is 5.88 Å².